The van der Waals surface area contributed by atoms with Gasteiger partial charge in [0.15, 0.2) is 0 Å². The van der Waals surface area contributed by atoms with Gasteiger partial charge in [-0.15, -0.1) is 0 Å². The van der Waals surface area contributed by atoms with Gasteiger partial charge in [-0.05, 0) is 31.0 Å². The van der Waals surface area contributed by atoms with E-state index in [-0.39, 0.29) is 17.4 Å². The van der Waals surface area contributed by atoms with Crippen LogP contribution < -0.4 is 5.32 Å². The number of carbonyl (C=O) groups is 1. The fraction of sp³-hybridized carbons (Fsp3) is 0.588. The topological polar surface area (TPSA) is 84.9 Å². The van der Waals surface area contributed by atoms with E-state index >= 15 is 0 Å². The Morgan fingerprint density at radius 1 is 1.16 bits per heavy atom. The summed E-state index contributed by atoms with van der Waals surface area (Å²) < 4.78 is 37.1. The van der Waals surface area contributed by atoms with E-state index in [4.69, 9.17) is 9.47 Å². The van der Waals surface area contributed by atoms with Crippen LogP contribution in [0, 0.1) is 0 Å². The number of nitrogens with zero attached hydrogens (tertiary/aromatic N) is 1. The van der Waals surface area contributed by atoms with Crippen LogP contribution in [0.15, 0.2) is 29.2 Å². The van der Waals surface area contributed by atoms with Crippen molar-refractivity contribution in [2.75, 3.05) is 45.3 Å². The van der Waals surface area contributed by atoms with Crippen molar-refractivity contribution in [2.45, 2.75) is 30.6 Å². The first kappa shape index (κ1) is 19.8. The van der Waals surface area contributed by atoms with Crippen LogP contribution in [0.1, 0.15) is 25.7 Å². The predicted molar refractivity (Wildman–Crippen MR) is 95.0 cm³/mol. The second kappa shape index (κ2) is 9.86. The molecule has 8 heteroatoms. The molecule has 0 bridgehead atoms. The normalized spacial score (nSPS) is 16.4. The molecule has 1 aliphatic rings. The summed E-state index contributed by atoms with van der Waals surface area (Å²) in [5.41, 5.74) is 0.441. The number of hydrogen-bond acceptors (Lipinski definition) is 5. The van der Waals surface area contributed by atoms with Gasteiger partial charge < -0.3 is 14.8 Å². The first-order valence-electron chi connectivity index (χ1n) is 8.51. The summed E-state index contributed by atoms with van der Waals surface area (Å²) in [6.45, 7) is 1.73. The van der Waals surface area contributed by atoms with E-state index in [1.165, 1.54) is 10.4 Å². The molecule has 0 saturated carbocycles. The standard InChI is InChI=1S/C17H26N2O5S/c1-23-11-12-24-14-17(20)18-15-7-6-8-16(13-15)25(21,22)19-9-4-2-3-5-10-19/h6-8,13H,2-5,9-12,14H2,1H3,(H,18,20). The number of benzene rings is 1. The van der Waals surface area contributed by atoms with Gasteiger partial charge in [-0.1, -0.05) is 18.9 Å². The third-order valence-corrected chi connectivity index (χ3v) is 5.88. The number of methoxy groups -OCH3 is 1. The first-order valence-corrected chi connectivity index (χ1v) is 9.95. The predicted octanol–water partition coefficient (Wildman–Crippen LogP) is 1.85. The van der Waals surface area contributed by atoms with E-state index in [1.54, 1.807) is 25.3 Å². The third-order valence-electron chi connectivity index (χ3n) is 3.99. The van der Waals surface area contributed by atoms with E-state index in [9.17, 15) is 13.2 Å². The van der Waals surface area contributed by atoms with E-state index < -0.39 is 10.0 Å². The summed E-state index contributed by atoms with van der Waals surface area (Å²) >= 11 is 0. The zero-order valence-electron chi connectivity index (χ0n) is 14.6. The van der Waals surface area contributed by atoms with Gasteiger partial charge in [0, 0.05) is 25.9 Å². The molecule has 25 heavy (non-hydrogen) atoms. The molecule has 1 aliphatic heterocycles. The maximum Gasteiger partial charge on any atom is 0.250 e. The Balaban J connectivity index is 2.01. The summed E-state index contributed by atoms with van der Waals surface area (Å²) in [7, 11) is -1.98. The van der Waals surface area contributed by atoms with Crippen molar-refractivity contribution in [3.63, 3.8) is 0 Å². The van der Waals surface area contributed by atoms with Crippen LogP contribution in [0.25, 0.3) is 0 Å². The number of hydrogen-bond donors (Lipinski definition) is 1. The van der Waals surface area contributed by atoms with Crippen molar-refractivity contribution < 1.29 is 22.7 Å². The summed E-state index contributed by atoms with van der Waals surface area (Å²) in [4.78, 5) is 12.0. The summed E-state index contributed by atoms with van der Waals surface area (Å²) in [6.07, 6.45) is 3.89. The molecule has 0 aromatic heterocycles. The Bertz CT molecular complexity index is 655. The van der Waals surface area contributed by atoms with Crippen molar-refractivity contribution in [2.24, 2.45) is 0 Å². The minimum Gasteiger partial charge on any atom is -0.382 e. The molecule has 0 aliphatic carbocycles. The lowest BCUT2D eigenvalue weighted by Gasteiger charge is -2.20. The van der Waals surface area contributed by atoms with Crippen LogP contribution in [0.3, 0.4) is 0 Å². The highest BCUT2D eigenvalue weighted by Crippen LogP contribution is 2.22. The quantitative estimate of drug-likeness (QED) is 0.706. The van der Waals surface area contributed by atoms with E-state index in [0.717, 1.165) is 25.7 Å². The highest BCUT2D eigenvalue weighted by atomic mass is 32.2. The molecule has 140 valence electrons. The van der Waals surface area contributed by atoms with E-state index in [0.29, 0.717) is 32.0 Å². The third kappa shape index (κ3) is 6.07. The number of rotatable bonds is 8. The van der Waals surface area contributed by atoms with E-state index in [1.807, 2.05) is 0 Å². The minimum absolute atomic E-state index is 0.105. The highest BCUT2D eigenvalue weighted by Gasteiger charge is 2.25. The summed E-state index contributed by atoms with van der Waals surface area (Å²) in [5.74, 6) is -0.333. The molecule has 1 heterocycles. The van der Waals surface area contributed by atoms with Crippen LogP contribution in [-0.4, -0.2) is 58.7 Å². The van der Waals surface area contributed by atoms with Crippen molar-refractivity contribution in [1.82, 2.24) is 4.31 Å². The fourth-order valence-electron chi connectivity index (χ4n) is 2.67. The zero-order chi connectivity index (χ0) is 18.1. The molecule has 7 nitrogen and oxygen atoms in total. The lowest BCUT2D eigenvalue weighted by atomic mass is 10.2. The molecule has 0 radical (unpaired) electrons. The van der Waals surface area contributed by atoms with Gasteiger partial charge in [0.2, 0.25) is 15.9 Å². The van der Waals surface area contributed by atoms with Crippen molar-refractivity contribution >= 4 is 21.6 Å². The molecule has 0 spiro atoms. The molecular formula is C17H26N2O5S. The smallest absolute Gasteiger partial charge is 0.250 e. The van der Waals surface area contributed by atoms with Gasteiger partial charge in [-0.25, -0.2) is 8.42 Å². The second-order valence-electron chi connectivity index (χ2n) is 5.94. The highest BCUT2D eigenvalue weighted by molar-refractivity contribution is 7.89. The number of ether oxygens (including phenoxy) is 2. The molecule has 1 amide bonds. The molecule has 1 fully saturated rings. The van der Waals surface area contributed by atoms with E-state index in [2.05, 4.69) is 5.32 Å². The maximum atomic E-state index is 12.8. The van der Waals surface area contributed by atoms with Crippen molar-refractivity contribution in [1.29, 1.82) is 0 Å². The molecule has 2 rings (SSSR count). The molecule has 1 N–H and O–H groups in total. The van der Waals surface area contributed by atoms with Crippen LogP contribution >= 0.6 is 0 Å². The molecular weight excluding hydrogens is 344 g/mol. The summed E-state index contributed by atoms with van der Waals surface area (Å²) in [6, 6.07) is 6.35. The van der Waals surface area contributed by atoms with Crippen LogP contribution in [-0.2, 0) is 24.3 Å². The Morgan fingerprint density at radius 3 is 2.56 bits per heavy atom. The minimum atomic E-state index is -3.53. The second-order valence-corrected chi connectivity index (χ2v) is 7.88. The average Bonchev–Trinajstić information content (AvgIpc) is 2.89. The number of amides is 1. The molecule has 0 unspecified atom stereocenters. The summed E-state index contributed by atoms with van der Waals surface area (Å²) in [5, 5.41) is 2.66. The largest absolute Gasteiger partial charge is 0.382 e. The zero-order valence-corrected chi connectivity index (χ0v) is 15.4. The molecule has 1 aromatic carbocycles. The van der Waals surface area contributed by atoms with Gasteiger partial charge in [-0.3, -0.25) is 4.79 Å². The Kier molecular flexibility index (Phi) is 7.83. The van der Waals surface area contributed by atoms with Gasteiger partial charge >= 0.3 is 0 Å². The van der Waals surface area contributed by atoms with Gasteiger partial charge in [0.05, 0.1) is 18.1 Å². The van der Waals surface area contributed by atoms with Gasteiger partial charge in [0.25, 0.3) is 0 Å². The number of nitrogens with one attached hydrogen (secondary N) is 1. The first-order chi connectivity index (χ1) is 12.0. The Hall–Kier alpha value is -1.48. The van der Waals surface area contributed by atoms with Crippen molar-refractivity contribution in [3.8, 4) is 0 Å². The van der Waals surface area contributed by atoms with Crippen LogP contribution in [0.5, 0.6) is 0 Å². The number of anilines is 1. The Morgan fingerprint density at radius 2 is 1.88 bits per heavy atom. The monoisotopic (exact) mass is 370 g/mol. The molecule has 0 atom stereocenters. The SMILES string of the molecule is COCCOCC(=O)Nc1cccc(S(=O)(=O)N2CCCCCC2)c1. The number of carbonyl (C=O) groups excluding carboxylic acids is 1. The molecule has 1 aromatic rings. The lowest BCUT2D eigenvalue weighted by Crippen LogP contribution is -2.32. The Labute approximate surface area is 149 Å². The van der Waals surface area contributed by atoms with Crippen LogP contribution in [0.4, 0.5) is 5.69 Å². The number of sulfonamides is 1. The fourth-order valence-corrected chi connectivity index (χ4v) is 4.23. The van der Waals surface area contributed by atoms with Gasteiger partial charge in [-0.2, -0.15) is 4.31 Å². The van der Waals surface area contributed by atoms with Crippen molar-refractivity contribution in [3.05, 3.63) is 24.3 Å². The average molecular weight is 370 g/mol. The lowest BCUT2D eigenvalue weighted by molar-refractivity contribution is -0.121. The molecule has 1 saturated heterocycles. The maximum absolute atomic E-state index is 12.8. The van der Waals surface area contributed by atoms with Crippen LogP contribution in [0.2, 0.25) is 0 Å². The van der Waals surface area contributed by atoms with Gasteiger partial charge in [0.1, 0.15) is 6.61 Å².